The molecule has 1 fully saturated rings. The molecule has 16 heavy (non-hydrogen) atoms. The van der Waals surface area contributed by atoms with E-state index in [1.165, 1.54) is 12.8 Å². The first kappa shape index (κ1) is 9.73. The van der Waals surface area contributed by atoms with E-state index in [1.54, 1.807) is 6.07 Å². The van der Waals surface area contributed by atoms with E-state index >= 15 is 0 Å². The number of hydrogen-bond acceptors (Lipinski definition) is 2. The second kappa shape index (κ2) is 3.52. The molecule has 3 rings (SSSR count). The van der Waals surface area contributed by atoms with E-state index in [2.05, 4.69) is 5.10 Å². The molecule has 1 aromatic heterocycles. The predicted molar refractivity (Wildman–Crippen MR) is 65.4 cm³/mol. The number of rotatable bonds is 2. The lowest BCUT2D eigenvalue weighted by atomic mass is 10.1. The number of hydrogen-bond donors (Lipinski definition) is 1. The van der Waals surface area contributed by atoms with Crippen molar-refractivity contribution in [2.45, 2.75) is 18.9 Å². The van der Waals surface area contributed by atoms with Crippen molar-refractivity contribution < 1.29 is 0 Å². The van der Waals surface area contributed by atoms with E-state index in [4.69, 9.17) is 17.3 Å². The average Bonchev–Trinajstić information content (AvgIpc) is 3.01. The minimum Gasteiger partial charge on any atom is -0.399 e. The molecule has 82 valence electrons. The van der Waals surface area contributed by atoms with Crippen molar-refractivity contribution in [3.05, 3.63) is 35.6 Å². The van der Waals surface area contributed by atoms with Gasteiger partial charge in [0.15, 0.2) is 0 Å². The predicted octanol–water partition coefficient (Wildman–Crippen LogP) is 3.12. The Kier molecular flexibility index (Phi) is 2.14. The fraction of sp³-hybridized carbons (Fsp3) is 0.250. The molecule has 0 radical (unpaired) electrons. The minimum absolute atomic E-state index is 0.591. The molecule has 1 heterocycles. The number of halogens is 1. The number of benzene rings is 1. The Morgan fingerprint density at radius 1 is 1.38 bits per heavy atom. The summed E-state index contributed by atoms with van der Waals surface area (Å²) < 4.78 is 2.01. The molecule has 0 amide bonds. The second-order valence-electron chi connectivity index (χ2n) is 4.18. The van der Waals surface area contributed by atoms with Gasteiger partial charge in [-0.05, 0) is 31.0 Å². The van der Waals surface area contributed by atoms with E-state index in [9.17, 15) is 0 Å². The highest BCUT2D eigenvalue weighted by Crippen LogP contribution is 2.36. The van der Waals surface area contributed by atoms with E-state index in [1.807, 2.05) is 29.2 Å². The van der Waals surface area contributed by atoms with Gasteiger partial charge in [-0.2, -0.15) is 5.10 Å². The lowest BCUT2D eigenvalue weighted by molar-refractivity contribution is 0.642. The number of nitrogens with zero attached hydrogens (tertiary/aromatic N) is 2. The van der Waals surface area contributed by atoms with E-state index in [-0.39, 0.29) is 0 Å². The van der Waals surface area contributed by atoms with Crippen LogP contribution in [0.1, 0.15) is 18.9 Å². The zero-order valence-electron chi connectivity index (χ0n) is 8.73. The number of aromatic nitrogens is 2. The van der Waals surface area contributed by atoms with Gasteiger partial charge in [-0.1, -0.05) is 11.6 Å². The summed E-state index contributed by atoms with van der Waals surface area (Å²) in [6.45, 7) is 0. The van der Waals surface area contributed by atoms with Crippen LogP contribution in [0.25, 0.3) is 11.1 Å². The van der Waals surface area contributed by atoms with Crippen molar-refractivity contribution in [1.82, 2.24) is 9.78 Å². The maximum atomic E-state index is 6.14. The highest BCUT2D eigenvalue weighted by Gasteiger charge is 2.24. The summed E-state index contributed by atoms with van der Waals surface area (Å²) in [6.07, 6.45) is 6.34. The molecule has 1 aliphatic rings. The molecule has 1 aliphatic carbocycles. The Bertz CT molecular complexity index is 529. The second-order valence-corrected chi connectivity index (χ2v) is 4.59. The first-order chi connectivity index (χ1) is 7.74. The van der Waals surface area contributed by atoms with Crippen LogP contribution in [0.4, 0.5) is 5.69 Å². The van der Waals surface area contributed by atoms with Crippen molar-refractivity contribution in [3.63, 3.8) is 0 Å². The molecule has 1 saturated carbocycles. The van der Waals surface area contributed by atoms with Gasteiger partial charge in [-0.25, -0.2) is 0 Å². The largest absolute Gasteiger partial charge is 0.399 e. The Balaban J connectivity index is 2.03. The fourth-order valence-electron chi connectivity index (χ4n) is 1.78. The Labute approximate surface area is 98.8 Å². The van der Waals surface area contributed by atoms with Gasteiger partial charge in [0, 0.05) is 28.0 Å². The molecule has 0 spiro atoms. The van der Waals surface area contributed by atoms with Gasteiger partial charge in [0.25, 0.3) is 0 Å². The maximum Gasteiger partial charge on any atom is 0.0568 e. The van der Waals surface area contributed by atoms with Crippen LogP contribution in [-0.2, 0) is 0 Å². The molecule has 0 bridgehead atoms. The Morgan fingerprint density at radius 3 is 2.94 bits per heavy atom. The zero-order valence-corrected chi connectivity index (χ0v) is 9.48. The van der Waals surface area contributed by atoms with E-state index in [0.29, 0.717) is 11.1 Å². The molecular formula is C12H12ClN3. The van der Waals surface area contributed by atoms with Gasteiger partial charge < -0.3 is 5.73 Å². The van der Waals surface area contributed by atoms with Gasteiger partial charge >= 0.3 is 0 Å². The molecule has 2 N–H and O–H groups in total. The van der Waals surface area contributed by atoms with Gasteiger partial charge in [-0.3, -0.25) is 4.68 Å². The molecule has 2 aromatic rings. The Hall–Kier alpha value is -1.48. The summed E-state index contributed by atoms with van der Waals surface area (Å²) in [5.74, 6) is 0. The van der Waals surface area contributed by atoms with Crippen LogP contribution in [0.2, 0.25) is 5.02 Å². The van der Waals surface area contributed by atoms with Crippen LogP contribution in [0, 0.1) is 0 Å². The number of nitrogen functional groups attached to an aromatic ring is 1. The highest BCUT2D eigenvalue weighted by molar-refractivity contribution is 6.33. The quantitative estimate of drug-likeness (QED) is 0.810. The summed E-state index contributed by atoms with van der Waals surface area (Å²) in [5, 5.41) is 5.06. The molecule has 0 aliphatic heterocycles. The fourth-order valence-corrected chi connectivity index (χ4v) is 2.01. The van der Waals surface area contributed by atoms with Gasteiger partial charge in [-0.15, -0.1) is 0 Å². The third-order valence-corrected chi connectivity index (χ3v) is 3.15. The zero-order chi connectivity index (χ0) is 11.1. The van der Waals surface area contributed by atoms with Crippen molar-refractivity contribution >= 4 is 17.3 Å². The molecule has 4 heteroatoms. The van der Waals surface area contributed by atoms with Crippen molar-refractivity contribution in [1.29, 1.82) is 0 Å². The molecule has 0 unspecified atom stereocenters. The molecule has 1 aromatic carbocycles. The molecular weight excluding hydrogens is 222 g/mol. The maximum absolute atomic E-state index is 6.14. The monoisotopic (exact) mass is 233 g/mol. The minimum atomic E-state index is 0.591. The molecule has 3 nitrogen and oxygen atoms in total. The van der Waals surface area contributed by atoms with E-state index < -0.39 is 0 Å². The normalized spacial score (nSPS) is 15.3. The van der Waals surface area contributed by atoms with Crippen molar-refractivity contribution in [2.75, 3.05) is 5.73 Å². The van der Waals surface area contributed by atoms with Gasteiger partial charge in [0.05, 0.1) is 12.2 Å². The van der Waals surface area contributed by atoms with Crippen LogP contribution >= 0.6 is 11.6 Å². The highest BCUT2D eigenvalue weighted by atomic mass is 35.5. The average molecular weight is 234 g/mol. The van der Waals surface area contributed by atoms with E-state index in [0.717, 1.165) is 16.8 Å². The number of nitrogens with two attached hydrogens (primary N) is 1. The first-order valence-corrected chi connectivity index (χ1v) is 5.71. The summed E-state index contributed by atoms with van der Waals surface area (Å²) in [6, 6.07) is 6.10. The SMILES string of the molecule is Nc1ccc(Cl)c(-c2cnn(C3CC3)c2)c1. The van der Waals surface area contributed by atoms with Crippen LogP contribution < -0.4 is 5.73 Å². The Morgan fingerprint density at radius 2 is 2.19 bits per heavy atom. The third-order valence-electron chi connectivity index (χ3n) is 2.82. The lowest BCUT2D eigenvalue weighted by Gasteiger charge is -2.02. The molecule has 0 atom stereocenters. The standard InChI is InChI=1S/C12H12ClN3/c13-12-4-1-9(14)5-11(12)8-6-15-16(7-8)10-2-3-10/h1,4-7,10H,2-3,14H2. The topological polar surface area (TPSA) is 43.8 Å². The third kappa shape index (κ3) is 1.67. The smallest absolute Gasteiger partial charge is 0.0568 e. The van der Waals surface area contributed by atoms with Crippen LogP contribution in [0.5, 0.6) is 0 Å². The van der Waals surface area contributed by atoms with Gasteiger partial charge in [0.1, 0.15) is 0 Å². The van der Waals surface area contributed by atoms with Crippen molar-refractivity contribution in [3.8, 4) is 11.1 Å². The lowest BCUT2D eigenvalue weighted by Crippen LogP contribution is -1.92. The number of anilines is 1. The summed E-state index contributed by atoms with van der Waals surface area (Å²) in [4.78, 5) is 0. The van der Waals surface area contributed by atoms with Gasteiger partial charge in [0.2, 0.25) is 0 Å². The summed E-state index contributed by atoms with van der Waals surface area (Å²) in [7, 11) is 0. The van der Waals surface area contributed by atoms with Crippen LogP contribution in [-0.4, -0.2) is 9.78 Å². The summed E-state index contributed by atoms with van der Waals surface area (Å²) in [5.41, 5.74) is 8.46. The van der Waals surface area contributed by atoms with Crippen molar-refractivity contribution in [2.24, 2.45) is 0 Å². The molecule has 0 saturated heterocycles. The first-order valence-electron chi connectivity index (χ1n) is 5.33. The van der Waals surface area contributed by atoms with Crippen LogP contribution in [0.15, 0.2) is 30.6 Å². The summed E-state index contributed by atoms with van der Waals surface area (Å²) >= 11 is 6.14. The van der Waals surface area contributed by atoms with Crippen LogP contribution in [0.3, 0.4) is 0 Å².